The Morgan fingerprint density at radius 3 is 2.50 bits per heavy atom. The fraction of sp³-hybridized carbons (Fsp3) is 1.00. The van der Waals surface area contributed by atoms with E-state index < -0.39 is 9.84 Å². The van der Waals surface area contributed by atoms with E-state index in [2.05, 4.69) is 5.32 Å². The molecule has 5 heteroatoms. The SMILES string of the molecule is CCCS(=O)(=O)CCNCC(C)CO. The summed E-state index contributed by atoms with van der Waals surface area (Å²) in [6.45, 7) is 5.05. The molecule has 86 valence electrons. The highest BCUT2D eigenvalue weighted by molar-refractivity contribution is 7.91. The molecule has 1 atom stereocenters. The number of hydrogen-bond acceptors (Lipinski definition) is 4. The summed E-state index contributed by atoms with van der Waals surface area (Å²) in [6.07, 6.45) is 0.676. The van der Waals surface area contributed by atoms with Crippen LogP contribution in [0.2, 0.25) is 0 Å². The van der Waals surface area contributed by atoms with Crippen molar-refractivity contribution < 1.29 is 13.5 Å². The third-order valence-electron chi connectivity index (χ3n) is 1.91. The summed E-state index contributed by atoms with van der Waals surface area (Å²) in [5.74, 6) is 0.646. The Bertz CT molecular complexity index is 226. The average Bonchev–Trinajstić information content (AvgIpc) is 2.12. The molecule has 0 fully saturated rings. The Balaban J connectivity index is 3.54. The van der Waals surface area contributed by atoms with Crippen molar-refractivity contribution in [3.05, 3.63) is 0 Å². The number of aliphatic hydroxyl groups excluding tert-OH is 1. The van der Waals surface area contributed by atoms with E-state index in [1.54, 1.807) is 0 Å². The molecule has 0 aromatic carbocycles. The molecule has 4 nitrogen and oxygen atoms in total. The van der Waals surface area contributed by atoms with Gasteiger partial charge in [0.1, 0.15) is 0 Å². The second-order valence-electron chi connectivity index (χ2n) is 3.64. The van der Waals surface area contributed by atoms with Crippen LogP contribution in [0.3, 0.4) is 0 Å². The molecule has 0 aliphatic rings. The summed E-state index contributed by atoms with van der Waals surface area (Å²) >= 11 is 0. The van der Waals surface area contributed by atoms with Crippen LogP contribution in [0.5, 0.6) is 0 Å². The number of rotatable bonds is 8. The quantitative estimate of drug-likeness (QED) is 0.570. The van der Waals surface area contributed by atoms with Crippen LogP contribution < -0.4 is 5.32 Å². The highest BCUT2D eigenvalue weighted by Gasteiger charge is 2.08. The van der Waals surface area contributed by atoms with Crippen LogP contribution in [0.4, 0.5) is 0 Å². The smallest absolute Gasteiger partial charge is 0.151 e. The Morgan fingerprint density at radius 2 is 2.00 bits per heavy atom. The Hall–Kier alpha value is -0.130. The van der Waals surface area contributed by atoms with E-state index in [0.29, 0.717) is 19.5 Å². The van der Waals surface area contributed by atoms with Gasteiger partial charge in [0.25, 0.3) is 0 Å². The predicted molar refractivity (Wildman–Crippen MR) is 58.1 cm³/mol. The first-order valence-electron chi connectivity index (χ1n) is 5.03. The van der Waals surface area contributed by atoms with Gasteiger partial charge in [0.05, 0.1) is 5.75 Å². The molecule has 0 saturated carbocycles. The van der Waals surface area contributed by atoms with Gasteiger partial charge in [0.2, 0.25) is 0 Å². The molecule has 0 aliphatic carbocycles. The molecule has 0 amide bonds. The zero-order valence-corrected chi connectivity index (χ0v) is 9.81. The molecular weight excluding hydrogens is 202 g/mol. The van der Waals surface area contributed by atoms with Crippen LogP contribution in [0.1, 0.15) is 20.3 Å². The molecule has 0 rings (SSSR count). The van der Waals surface area contributed by atoms with Gasteiger partial charge in [-0.15, -0.1) is 0 Å². The zero-order chi connectivity index (χ0) is 11.0. The predicted octanol–water partition coefficient (Wildman–Crippen LogP) is 0.0292. The van der Waals surface area contributed by atoms with Gasteiger partial charge in [-0.05, 0) is 18.9 Å². The van der Waals surface area contributed by atoms with Gasteiger partial charge in [-0.3, -0.25) is 0 Å². The van der Waals surface area contributed by atoms with Crippen molar-refractivity contribution in [3.63, 3.8) is 0 Å². The minimum atomic E-state index is -2.86. The second kappa shape index (κ2) is 7.20. The van der Waals surface area contributed by atoms with Gasteiger partial charge in [-0.1, -0.05) is 13.8 Å². The van der Waals surface area contributed by atoms with Crippen molar-refractivity contribution in [2.24, 2.45) is 5.92 Å². The summed E-state index contributed by atoms with van der Waals surface area (Å²) < 4.78 is 22.5. The minimum Gasteiger partial charge on any atom is -0.396 e. The zero-order valence-electron chi connectivity index (χ0n) is 8.99. The standard InChI is InChI=1S/C9H21NO3S/c1-3-5-14(12,13)6-4-10-7-9(2)8-11/h9-11H,3-8H2,1-2H3. The van der Waals surface area contributed by atoms with Crippen LogP contribution >= 0.6 is 0 Å². The van der Waals surface area contributed by atoms with Crippen LogP contribution in [0.25, 0.3) is 0 Å². The summed E-state index contributed by atoms with van der Waals surface area (Å²) in [5.41, 5.74) is 0. The summed E-state index contributed by atoms with van der Waals surface area (Å²) in [4.78, 5) is 0. The normalized spacial score (nSPS) is 14.2. The summed E-state index contributed by atoms with van der Waals surface area (Å²) in [6, 6.07) is 0. The fourth-order valence-corrected chi connectivity index (χ4v) is 2.34. The van der Waals surface area contributed by atoms with Crippen molar-refractivity contribution in [1.29, 1.82) is 0 Å². The van der Waals surface area contributed by atoms with Crippen LogP contribution in [0.15, 0.2) is 0 Å². The van der Waals surface area contributed by atoms with Crippen LogP contribution in [-0.2, 0) is 9.84 Å². The van der Waals surface area contributed by atoms with E-state index in [-0.39, 0.29) is 24.0 Å². The van der Waals surface area contributed by atoms with Gasteiger partial charge < -0.3 is 10.4 Å². The lowest BCUT2D eigenvalue weighted by atomic mass is 10.2. The van der Waals surface area contributed by atoms with E-state index in [1.807, 2.05) is 13.8 Å². The van der Waals surface area contributed by atoms with Crippen molar-refractivity contribution in [3.8, 4) is 0 Å². The van der Waals surface area contributed by atoms with Gasteiger partial charge in [-0.25, -0.2) is 8.42 Å². The highest BCUT2D eigenvalue weighted by Crippen LogP contribution is 1.93. The Morgan fingerprint density at radius 1 is 1.36 bits per heavy atom. The topological polar surface area (TPSA) is 66.4 Å². The van der Waals surface area contributed by atoms with E-state index in [9.17, 15) is 8.42 Å². The van der Waals surface area contributed by atoms with E-state index in [4.69, 9.17) is 5.11 Å². The summed E-state index contributed by atoms with van der Waals surface area (Å²) in [5, 5.41) is 11.7. The largest absolute Gasteiger partial charge is 0.396 e. The number of aliphatic hydroxyl groups is 1. The third-order valence-corrected chi connectivity index (χ3v) is 3.77. The molecular formula is C9H21NO3S. The van der Waals surface area contributed by atoms with Gasteiger partial charge in [0, 0.05) is 18.9 Å². The maximum Gasteiger partial charge on any atom is 0.151 e. The van der Waals surface area contributed by atoms with Crippen molar-refractivity contribution >= 4 is 9.84 Å². The molecule has 1 unspecified atom stereocenters. The second-order valence-corrected chi connectivity index (χ2v) is 5.95. The lowest BCUT2D eigenvalue weighted by Gasteiger charge is -2.09. The first-order chi connectivity index (χ1) is 6.52. The molecule has 0 saturated heterocycles. The van der Waals surface area contributed by atoms with E-state index in [0.717, 1.165) is 0 Å². The minimum absolute atomic E-state index is 0.134. The Labute approximate surface area is 86.6 Å². The van der Waals surface area contributed by atoms with Crippen molar-refractivity contribution in [2.45, 2.75) is 20.3 Å². The lowest BCUT2D eigenvalue weighted by molar-refractivity contribution is 0.234. The van der Waals surface area contributed by atoms with E-state index >= 15 is 0 Å². The number of hydrogen-bond donors (Lipinski definition) is 2. The molecule has 2 N–H and O–H groups in total. The molecule has 14 heavy (non-hydrogen) atoms. The van der Waals surface area contributed by atoms with E-state index in [1.165, 1.54) is 0 Å². The molecule has 0 radical (unpaired) electrons. The van der Waals surface area contributed by atoms with Gasteiger partial charge in [-0.2, -0.15) is 0 Å². The molecule has 0 aliphatic heterocycles. The van der Waals surface area contributed by atoms with Crippen molar-refractivity contribution in [1.82, 2.24) is 5.32 Å². The van der Waals surface area contributed by atoms with Crippen molar-refractivity contribution in [2.75, 3.05) is 31.2 Å². The molecule has 0 aromatic rings. The molecule has 0 bridgehead atoms. The molecule has 0 spiro atoms. The monoisotopic (exact) mass is 223 g/mol. The van der Waals surface area contributed by atoms with Gasteiger partial charge >= 0.3 is 0 Å². The number of sulfone groups is 1. The Kier molecular flexibility index (Phi) is 7.13. The molecule has 0 heterocycles. The maximum atomic E-state index is 11.3. The average molecular weight is 223 g/mol. The number of nitrogens with one attached hydrogen (secondary N) is 1. The summed E-state index contributed by atoms with van der Waals surface area (Å²) in [7, 11) is -2.86. The van der Waals surface area contributed by atoms with Crippen LogP contribution in [0, 0.1) is 5.92 Å². The fourth-order valence-electron chi connectivity index (χ4n) is 1.05. The van der Waals surface area contributed by atoms with Gasteiger partial charge in [0.15, 0.2) is 9.84 Å². The third kappa shape index (κ3) is 7.29. The first kappa shape index (κ1) is 13.9. The maximum absolute atomic E-state index is 11.3. The lowest BCUT2D eigenvalue weighted by Crippen LogP contribution is -2.29. The first-order valence-corrected chi connectivity index (χ1v) is 6.86. The highest BCUT2D eigenvalue weighted by atomic mass is 32.2. The van der Waals surface area contributed by atoms with Crippen LogP contribution in [-0.4, -0.2) is 44.7 Å². The molecule has 0 aromatic heterocycles.